The van der Waals surface area contributed by atoms with Gasteiger partial charge in [-0.1, -0.05) is 12.1 Å². The summed E-state index contributed by atoms with van der Waals surface area (Å²) in [5.41, 5.74) is -0.129. The number of rotatable bonds is 5. The van der Waals surface area contributed by atoms with E-state index >= 15 is 0 Å². The number of carbonyl (C=O) groups is 1. The zero-order valence-corrected chi connectivity index (χ0v) is 13.9. The summed E-state index contributed by atoms with van der Waals surface area (Å²) >= 11 is 0. The van der Waals surface area contributed by atoms with E-state index in [1.165, 1.54) is 30.6 Å². The maximum atomic E-state index is 13.2. The van der Waals surface area contributed by atoms with Gasteiger partial charge in [0.15, 0.2) is 5.69 Å². The van der Waals surface area contributed by atoms with Gasteiger partial charge in [0.25, 0.3) is 0 Å². The van der Waals surface area contributed by atoms with E-state index in [4.69, 9.17) is 0 Å². The lowest BCUT2D eigenvalue weighted by molar-refractivity contribution is -0.141. The predicted octanol–water partition coefficient (Wildman–Crippen LogP) is 3.28. The van der Waals surface area contributed by atoms with E-state index in [0.29, 0.717) is 11.3 Å². The number of aromatic nitrogens is 3. The van der Waals surface area contributed by atoms with Crippen LogP contribution in [0.1, 0.15) is 17.0 Å². The molecule has 0 aliphatic rings. The van der Waals surface area contributed by atoms with Crippen LogP contribution in [0.3, 0.4) is 0 Å². The van der Waals surface area contributed by atoms with Crippen molar-refractivity contribution >= 4 is 5.91 Å². The van der Waals surface area contributed by atoms with Crippen LogP contribution in [0, 0.1) is 5.82 Å². The van der Waals surface area contributed by atoms with Crippen LogP contribution in [0.5, 0.6) is 0 Å². The first-order valence-electron chi connectivity index (χ1n) is 7.90. The summed E-state index contributed by atoms with van der Waals surface area (Å²) in [5.74, 6) is -0.919. The highest BCUT2D eigenvalue weighted by atomic mass is 19.4. The van der Waals surface area contributed by atoms with E-state index in [9.17, 15) is 22.4 Å². The van der Waals surface area contributed by atoms with Crippen LogP contribution in [0.15, 0.2) is 54.9 Å². The SMILES string of the molecule is O=C(Cc1cccc(F)c1)NCc1cc(C(F)(F)F)nn1-c1cccnc1. The largest absolute Gasteiger partial charge is 0.435 e. The van der Waals surface area contributed by atoms with Crippen LogP contribution in [0.2, 0.25) is 0 Å². The Morgan fingerprint density at radius 1 is 1.15 bits per heavy atom. The molecular formula is C18H14F4N4O. The van der Waals surface area contributed by atoms with Crippen molar-refractivity contribution in [3.8, 4) is 5.69 Å². The number of hydrogen-bond donors (Lipinski definition) is 1. The molecule has 0 radical (unpaired) electrons. The summed E-state index contributed by atoms with van der Waals surface area (Å²) in [7, 11) is 0. The van der Waals surface area contributed by atoms with Gasteiger partial charge in [-0.25, -0.2) is 9.07 Å². The fourth-order valence-corrected chi connectivity index (χ4v) is 2.47. The minimum Gasteiger partial charge on any atom is -0.350 e. The number of nitrogens with one attached hydrogen (secondary N) is 1. The van der Waals surface area contributed by atoms with Crippen molar-refractivity contribution in [2.45, 2.75) is 19.1 Å². The monoisotopic (exact) mass is 378 g/mol. The number of benzene rings is 1. The van der Waals surface area contributed by atoms with Gasteiger partial charge in [-0.05, 0) is 35.9 Å². The first-order valence-corrected chi connectivity index (χ1v) is 7.90. The molecule has 140 valence electrons. The molecule has 0 saturated heterocycles. The predicted molar refractivity (Wildman–Crippen MR) is 88.3 cm³/mol. The zero-order chi connectivity index (χ0) is 19.4. The average molecular weight is 378 g/mol. The number of hydrogen-bond acceptors (Lipinski definition) is 3. The molecule has 0 fully saturated rings. The van der Waals surface area contributed by atoms with Gasteiger partial charge in [0.1, 0.15) is 5.82 Å². The molecule has 1 N–H and O–H groups in total. The van der Waals surface area contributed by atoms with Crippen LogP contribution < -0.4 is 5.32 Å². The summed E-state index contributed by atoms with van der Waals surface area (Å²) in [4.78, 5) is 15.9. The van der Waals surface area contributed by atoms with Gasteiger partial charge in [-0.3, -0.25) is 9.78 Å². The van der Waals surface area contributed by atoms with Crippen molar-refractivity contribution in [1.29, 1.82) is 0 Å². The number of carbonyl (C=O) groups excluding carboxylic acids is 1. The highest BCUT2D eigenvalue weighted by Gasteiger charge is 2.35. The second kappa shape index (κ2) is 7.56. The smallest absolute Gasteiger partial charge is 0.350 e. The Hall–Kier alpha value is -3.23. The molecule has 1 aromatic carbocycles. The Labute approximate surface area is 151 Å². The van der Waals surface area contributed by atoms with Crippen LogP contribution in [-0.4, -0.2) is 20.7 Å². The lowest BCUT2D eigenvalue weighted by Crippen LogP contribution is -2.25. The van der Waals surface area contributed by atoms with Crippen molar-refractivity contribution < 1.29 is 22.4 Å². The molecule has 0 atom stereocenters. The van der Waals surface area contributed by atoms with Crippen molar-refractivity contribution in [3.05, 3.63) is 77.6 Å². The first kappa shape index (κ1) is 18.6. The fraction of sp³-hybridized carbons (Fsp3) is 0.167. The minimum atomic E-state index is -4.62. The van der Waals surface area contributed by atoms with Crippen molar-refractivity contribution in [2.75, 3.05) is 0 Å². The molecule has 1 amide bonds. The average Bonchev–Trinajstić information content (AvgIpc) is 3.05. The molecule has 2 heterocycles. The van der Waals surface area contributed by atoms with E-state index in [0.717, 1.165) is 10.7 Å². The van der Waals surface area contributed by atoms with E-state index in [1.54, 1.807) is 18.2 Å². The lowest BCUT2D eigenvalue weighted by Gasteiger charge is -2.08. The van der Waals surface area contributed by atoms with Gasteiger partial charge in [-0.2, -0.15) is 18.3 Å². The van der Waals surface area contributed by atoms with Crippen LogP contribution in [0.4, 0.5) is 17.6 Å². The lowest BCUT2D eigenvalue weighted by atomic mass is 10.1. The molecule has 2 aromatic heterocycles. The molecule has 0 aliphatic carbocycles. The summed E-state index contributed by atoms with van der Waals surface area (Å²) in [6, 6.07) is 9.54. The molecular weight excluding hydrogens is 364 g/mol. The summed E-state index contributed by atoms with van der Waals surface area (Å²) in [6.07, 6.45) is -1.86. The quantitative estimate of drug-likeness (QED) is 0.693. The Morgan fingerprint density at radius 3 is 2.63 bits per heavy atom. The maximum absolute atomic E-state index is 13.2. The summed E-state index contributed by atoms with van der Waals surface area (Å²) in [5, 5.41) is 6.11. The number of amides is 1. The van der Waals surface area contributed by atoms with Crippen molar-refractivity contribution in [1.82, 2.24) is 20.1 Å². The Kier molecular flexibility index (Phi) is 5.20. The molecule has 0 spiro atoms. The summed E-state index contributed by atoms with van der Waals surface area (Å²) < 4.78 is 53.3. The normalized spacial score (nSPS) is 11.4. The van der Waals surface area contributed by atoms with E-state index in [-0.39, 0.29) is 18.7 Å². The van der Waals surface area contributed by atoms with Crippen LogP contribution in [0.25, 0.3) is 5.69 Å². The molecule has 0 saturated carbocycles. The Balaban J connectivity index is 1.77. The molecule has 3 rings (SSSR count). The Morgan fingerprint density at radius 2 is 1.96 bits per heavy atom. The van der Waals surface area contributed by atoms with Crippen molar-refractivity contribution in [2.24, 2.45) is 0 Å². The molecule has 0 bridgehead atoms. The minimum absolute atomic E-state index is 0.0923. The molecule has 5 nitrogen and oxygen atoms in total. The fourth-order valence-electron chi connectivity index (χ4n) is 2.47. The maximum Gasteiger partial charge on any atom is 0.435 e. The third kappa shape index (κ3) is 4.69. The third-order valence-electron chi connectivity index (χ3n) is 3.68. The summed E-state index contributed by atoms with van der Waals surface area (Å²) in [6.45, 7) is -0.174. The van der Waals surface area contributed by atoms with Gasteiger partial charge in [-0.15, -0.1) is 0 Å². The molecule has 9 heteroatoms. The topological polar surface area (TPSA) is 59.8 Å². The zero-order valence-electron chi connectivity index (χ0n) is 13.9. The molecule has 27 heavy (non-hydrogen) atoms. The highest BCUT2D eigenvalue weighted by molar-refractivity contribution is 5.78. The standard InChI is InChI=1S/C18H14F4N4O/c19-13-4-1-3-12(7-13)8-17(27)24-11-15-9-16(18(20,21)22)25-26(15)14-5-2-6-23-10-14/h1-7,9-10H,8,11H2,(H,24,27). The Bertz CT molecular complexity index is 938. The second-order valence-electron chi connectivity index (χ2n) is 5.73. The second-order valence-corrected chi connectivity index (χ2v) is 5.73. The molecule has 3 aromatic rings. The number of pyridine rings is 1. The first-order chi connectivity index (χ1) is 12.8. The van der Waals surface area contributed by atoms with E-state index < -0.39 is 23.6 Å². The highest BCUT2D eigenvalue weighted by Crippen LogP contribution is 2.29. The van der Waals surface area contributed by atoms with Gasteiger partial charge < -0.3 is 5.32 Å². The number of alkyl halides is 3. The molecule has 0 unspecified atom stereocenters. The number of halogens is 4. The van der Waals surface area contributed by atoms with Gasteiger partial charge in [0, 0.05) is 6.20 Å². The van der Waals surface area contributed by atoms with Crippen molar-refractivity contribution in [3.63, 3.8) is 0 Å². The van der Waals surface area contributed by atoms with Gasteiger partial charge >= 0.3 is 6.18 Å². The van der Waals surface area contributed by atoms with Gasteiger partial charge in [0.2, 0.25) is 5.91 Å². The molecule has 0 aliphatic heterocycles. The van der Waals surface area contributed by atoms with Gasteiger partial charge in [0.05, 0.1) is 30.5 Å². The van der Waals surface area contributed by atoms with Crippen LogP contribution >= 0.6 is 0 Å². The van der Waals surface area contributed by atoms with Crippen LogP contribution in [-0.2, 0) is 23.9 Å². The van der Waals surface area contributed by atoms with E-state index in [2.05, 4.69) is 15.4 Å². The van der Waals surface area contributed by atoms with E-state index in [1.807, 2.05) is 0 Å². The third-order valence-corrected chi connectivity index (χ3v) is 3.68. The number of nitrogens with zero attached hydrogens (tertiary/aromatic N) is 3.